The first kappa shape index (κ1) is 16.6. The van der Waals surface area contributed by atoms with E-state index in [2.05, 4.69) is 0 Å². The third-order valence-electron chi connectivity index (χ3n) is 5.47. The first-order valence-electron chi connectivity index (χ1n) is 9.44. The van der Waals surface area contributed by atoms with Gasteiger partial charge >= 0.3 is 5.63 Å². The summed E-state index contributed by atoms with van der Waals surface area (Å²) in [6, 6.07) is 5.65. The zero-order valence-electron chi connectivity index (χ0n) is 14.6. The van der Waals surface area contributed by atoms with Crippen LogP contribution in [-0.4, -0.2) is 37.5 Å². The van der Waals surface area contributed by atoms with E-state index in [9.17, 15) is 9.90 Å². The van der Waals surface area contributed by atoms with E-state index >= 15 is 0 Å². The highest BCUT2D eigenvalue weighted by Gasteiger charge is 2.21. The van der Waals surface area contributed by atoms with Crippen molar-refractivity contribution >= 4 is 11.0 Å². The predicted molar refractivity (Wildman–Crippen MR) is 95.4 cm³/mol. The van der Waals surface area contributed by atoms with Crippen molar-refractivity contribution in [2.75, 3.05) is 26.2 Å². The zero-order valence-corrected chi connectivity index (χ0v) is 14.6. The molecule has 1 aromatic carbocycles. The average Bonchev–Trinajstić information content (AvgIpc) is 3.11. The smallest absolute Gasteiger partial charge is 0.339 e. The van der Waals surface area contributed by atoms with Gasteiger partial charge in [0.25, 0.3) is 0 Å². The second-order valence-corrected chi connectivity index (χ2v) is 7.34. The van der Waals surface area contributed by atoms with E-state index in [4.69, 9.17) is 9.15 Å². The van der Waals surface area contributed by atoms with Crippen LogP contribution in [-0.2, 0) is 12.8 Å². The highest BCUT2D eigenvalue weighted by Crippen LogP contribution is 2.29. The number of aryl methyl sites for hydroxylation is 1. The van der Waals surface area contributed by atoms with Gasteiger partial charge in [-0.1, -0.05) is 0 Å². The fraction of sp³-hybridized carbons (Fsp3) is 0.550. The maximum Gasteiger partial charge on any atom is 0.339 e. The molecular formula is C20H26NO4+. The molecule has 4 rings (SSSR count). The number of aliphatic hydroxyl groups excluding tert-OH is 1. The molecule has 2 heterocycles. The summed E-state index contributed by atoms with van der Waals surface area (Å²) in [5, 5.41) is 11.2. The molecule has 134 valence electrons. The lowest BCUT2D eigenvalue weighted by Crippen LogP contribution is -3.14. The van der Waals surface area contributed by atoms with E-state index in [1.807, 2.05) is 12.1 Å². The largest absolute Gasteiger partial charge is 0.491 e. The second kappa shape index (κ2) is 7.18. The molecule has 1 saturated heterocycles. The highest BCUT2D eigenvalue weighted by atomic mass is 16.5. The lowest BCUT2D eigenvalue weighted by atomic mass is 10.1. The number of fused-ring (bicyclic) bond motifs is 3. The topological polar surface area (TPSA) is 64.1 Å². The summed E-state index contributed by atoms with van der Waals surface area (Å²) in [6.07, 6.45) is 6.10. The number of hydrogen-bond donors (Lipinski definition) is 2. The third kappa shape index (κ3) is 3.58. The van der Waals surface area contributed by atoms with Crippen molar-refractivity contribution in [3.8, 4) is 5.75 Å². The monoisotopic (exact) mass is 344 g/mol. The number of aliphatic hydroxyl groups is 1. The first-order chi connectivity index (χ1) is 12.2. The molecule has 0 saturated carbocycles. The molecule has 1 aliphatic carbocycles. The van der Waals surface area contributed by atoms with Crippen molar-refractivity contribution < 1.29 is 19.2 Å². The molecule has 1 atom stereocenters. The Kier molecular flexibility index (Phi) is 4.77. The van der Waals surface area contributed by atoms with E-state index in [-0.39, 0.29) is 12.2 Å². The van der Waals surface area contributed by atoms with Crippen LogP contribution in [0.1, 0.15) is 36.8 Å². The molecule has 1 unspecified atom stereocenters. The highest BCUT2D eigenvalue weighted by molar-refractivity contribution is 5.83. The van der Waals surface area contributed by atoms with Gasteiger partial charge in [-0.2, -0.15) is 0 Å². The molecule has 1 aliphatic heterocycles. The van der Waals surface area contributed by atoms with Gasteiger partial charge in [0.1, 0.15) is 30.6 Å². The summed E-state index contributed by atoms with van der Waals surface area (Å²) in [4.78, 5) is 13.5. The summed E-state index contributed by atoms with van der Waals surface area (Å²) >= 11 is 0. The lowest BCUT2D eigenvalue weighted by Gasteiger charge is -2.25. The summed E-state index contributed by atoms with van der Waals surface area (Å²) in [6.45, 7) is 3.28. The van der Waals surface area contributed by atoms with Crippen LogP contribution in [0.25, 0.3) is 11.0 Å². The minimum atomic E-state index is -0.476. The third-order valence-corrected chi connectivity index (χ3v) is 5.47. The zero-order chi connectivity index (χ0) is 17.2. The molecule has 25 heavy (non-hydrogen) atoms. The fourth-order valence-corrected chi connectivity index (χ4v) is 4.19. The Hall–Kier alpha value is -1.85. The molecule has 2 N–H and O–H groups in total. The SMILES string of the molecule is O=c1oc2cc(OCC(O)C[NH+]3CCCCC3)ccc2c2c1CCC2. The Bertz CT molecular complexity index is 807. The Morgan fingerprint density at radius 2 is 1.92 bits per heavy atom. The van der Waals surface area contributed by atoms with Crippen LogP contribution in [0.15, 0.2) is 27.4 Å². The Balaban J connectivity index is 1.43. The van der Waals surface area contributed by atoms with E-state index in [0.29, 0.717) is 11.3 Å². The number of hydrogen-bond acceptors (Lipinski definition) is 4. The molecule has 2 aromatic rings. The van der Waals surface area contributed by atoms with E-state index < -0.39 is 6.10 Å². The van der Waals surface area contributed by atoms with Gasteiger partial charge in [0.15, 0.2) is 0 Å². The van der Waals surface area contributed by atoms with Gasteiger partial charge in [-0.15, -0.1) is 0 Å². The normalized spacial score (nSPS) is 19.1. The van der Waals surface area contributed by atoms with E-state index in [0.717, 1.165) is 55.4 Å². The van der Waals surface area contributed by atoms with Crippen LogP contribution in [0.2, 0.25) is 0 Å². The summed E-state index contributed by atoms with van der Waals surface area (Å²) in [5.41, 5.74) is 2.33. The van der Waals surface area contributed by atoms with Crippen molar-refractivity contribution in [3.05, 3.63) is 39.7 Å². The molecule has 5 heteroatoms. The minimum Gasteiger partial charge on any atom is -0.491 e. The van der Waals surface area contributed by atoms with Crippen molar-refractivity contribution in [3.63, 3.8) is 0 Å². The average molecular weight is 344 g/mol. The molecule has 5 nitrogen and oxygen atoms in total. The molecule has 0 amide bonds. The fourth-order valence-electron chi connectivity index (χ4n) is 4.19. The standard InChI is InChI=1S/C20H25NO4/c22-14(12-21-9-2-1-3-10-21)13-24-15-7-8-17-16-5-4-6-18(16)20(23)25-19(17)11-15/h7-8,11,14,22H,1-6,9-10,12-13H2/p+1. The van der Waals surface area contributed by atoms with Gasteiger partial charge in [0.05, 0.1) is 13.1 Å². The number of nitrogens with one attached hydrogen (secondary N) is 1. The predicted octanol–water partition coefficient (Wildman–Crippen LogP) is 1.09. The second-order valence-electron chi connectivity index (χ2n) is 7.34. The van der Waals surface area contributed by atoms with Crippen LogP contribution in [0.5, 0.6) is 5.75 Å². The van der Waals surface area contributed by atoms with Crippen LogP contribution >= 0.6 is 0 Å². The number of benzene rings is 1. The van der Waals surface area contributed by atoms with E-state index in [1.54, 1.807) is 6.07 Å². The maximum absolute atomic E-state index is 12.1. The van der Waals surface area contributed by atoms with Gasteiger partial charge in [0, 0.05) is 17.0 Å². The van der Waals surface area contributed by atoms with Crippen molar-refractivity contribution in [1.29, 1.82) is 0 Å². The minimum absolute atomic E-state index is 0.217. The van der Waals surface area contributed by atoms with Gasteiger partial charge in [-0.05, 0) is 56.2 Å². The van der Waals surface area contributed by atoms with Gasteiger partial charge in [0.2, 0.25) is 0 Å². The molecule has 1 fully saturated rings. The van der Waals surface area contributed by atoms with Crippen molar-refractivity contribution in [1.82, 2.24) is 0 Å². The molecule has 0 radical (unpaired) electrons. The van der Waals surface area contributed by atoms with Crippen LogP contribution in [0.4, 0.5) is 0 Å². The Labute approximate surface area is 147 Å². The lowest BCUT2D eigenvalue weighted by molar-refractivity contribution is -0.908. The molecule has 1 aromatic heterocycles. The number of ether oxygens (including phenoxy) is 1. The van der Waals surface area contributed by atoms with Crippen LogP contribution < -0.4 is 15.3 Å². The number of piperidine rings is 1. The van der Waals surface area contributed by atoms with E-state index in [1.165, 1.54) is 24.2 Å². The van der Waals surface area contributed by atoms with Gasteiger partial charge in [-0.3, -0.25) is 0 Å². The number of quaternary nitrogens is 1. The molecule has 2 aliphatic rings. The molecular weight excluding hydrogens is 318 g/mol. The molecule has 0 bridgehead atoms. The molecule has 0 spiro atoms. The quantitative estimate of drug-likeness (QED) is 0.797. The summed E-state index contributed by atoms with van der Waals surface area (Å²) < 4.78 is 11.2. The Morgan fingerprint density at radius 3 is 2.76 bits per heavy atom. The van der Waals surface area contributed by atoms with Crippen molar-refractivity contribution in [2.24, 2.45) is 0 Å². The number of rotatable bonds is 5. The van der Waals surface area contributed by atoms with Crippen molar-refractivity contribution in [2.45, 2.75) is 44.6 Å². The van der Waals surface area contributed by atoms with Crippen LogP contribution in [0.3, 0.4) is 0 Å². The Morgan fingerprint density at radius 1 is 1.12 bits per heavy atom. The summed E-state index contributed by atoms with van der Waals surface area (Å²) in [7, 11) is 0. The van der Waals surface area contributed by atoms with Gasteiger partial charge in [-0.25, -0.2) is 4.79 Å². The van der Waals surface area contributed by atoms with Gasteiger partial charge < -0.3 is 19.2 Å². The van der Waals surface area contributed by atoms with Crippen LogP contribution in [0, 0.1) is 0 Å². The summed E-state index contributed by atoms with van der Waals surface area (Å²) in [5.74, 6) is 0.640. The maximum atomic E-state index is 12.1. The number of likely N-dealkylation sites (tertiary alicyclic amines) is 1. The first-order valence-corrected chi connectivity index (χ1v) is 9.44.